The van der Waals surface area contributed by atoms with Crippen molar-refractivity contribution in [2.45, 2.75) is 31.3 Å². The zero-order chi connectivity index (χ0) is 10.3. The lowest BCUT2D eigenvalue weighted by Gasteiger charge is -2.21. The first-order valence-electron chi connectivity index (χ1n) is 4.47. The Kier molecular flexibility index (Phi) is 2.31. The number of imidazole rings is 1. The van der Waals surface area contributed by atoms with Gasteiger partial charge in [-0.3, -0.25) is 0 Å². The Morgan fingerprint density at radius 3 is 3.00 bits per heavy atom. The molecule has 0 aliphatic carbocycles. The van der Waals surface area contributed by atoms with E-state index in [0.29, 0.717) is 12.5 Å². The molecule has 1 atom stereocenters. The van der Waals surface area contributed by atoms with Gasteiger partial charge < -0.3 is 4.57 Å². The van der Waals surface area contributed by atoms with Crippen molar-refractivity contribution in [1.29, 1.82) is 0 Å². The minimum absolute atomic E-state index is 0.126. The number of fused-ring (bicyclic) bond motifs is 1. The molecule has 2 rings (SSSR count). The van der Waals surface area contributed by atoms with Crippen molar-refractivity contribution < 1.29 is 8.42 Å². The lowest BCUT2D eigenvalue weighted by Crippen LogP contribution is -2.20. The van der Waals surface area contributed by atoms with E-state index in [9.17, 15) is 8.42 Å². The van der Waals surface area contributed by atoms with Gasteiger partial charge in [-0.05, 0) is 12.3 Å². The summed E-state index contributed by atoms with van der Waals surface area (Å²) in [5.41, 5.74) is 0. The molecule has 0 saturated heterocycles. The largest absolute Gasteiger partial charge is 0.318 e. The zero-order valence-electron chi connectivity index (χ0n) is 7.77. The molecule has 0 radical (unpaired) electrons. The Labute approximate surface area is 87.3 Å². The number of aryl methyl sites for hydroxylation is 1. The summed E-state index contributed by atoms with van der Waals surface area (Å²) in [4.78, 5) is 4.06. The van der Waals surface area contributed by atoms with E-state index in [2.05, 4.69) is 11.9 Å². The van der Waals surface area contributed by atoms with Crippen molar-refractivity contribution >= 4 is 19.7 Å². The summed E-state index contributed by atoms with van der Waals surface area (Å²) < 4.78 is 24.1. The van der Waals surface area contributed by atoms with E-state index in [-0.39, 0.29) is 5.03 Å². The molecule has 6 heteroatoms. The molecule has 0 spiro atoms. The molecule has 0 aromatic carbocycles. The molecular formula is C8H11ClN2O2S. The Morgan fingerprint density at radius 1 is 1.64 bits per heavy atom. The molecule has 0 saturated carbocycles. The molecule has 0 bridgehead atoms. The van der Waals surface area contributed by atoms with Gasteiger partial charge in [0.05, 0.1) is 6.20 Å². The lowest BCUT2D eigenvalue weighted by molar-refractivity contribution is 0.376. The van der Waals surface area contributed by atoms with Gasteiger partial charge >= 0.3 is 0 Å². The van der Waals surface area contributed by atoms with Crippen LogP contribution in [0.2, 0.25) is 0 Å². The average molecular weight is 235 g/mol. The first kappa shape index (κ1) is 9.98. The van der Waals surface area contributed by atoms with Crippen LogP contribution >= 0.6 is 10.7 Å². The summed E-state index contributed by atoms with van der Waals surface area (Å²) in [6.07, 6.45) is 3.22. The van der Waals surface area contributed by atoms with Gasteiger partial charge in [0.15, 0.2) is 5.03 Å². The fraction of sp³-hybridized carbons (Fsp3) is 0.625. The molecule has 2 heterocycles. The number of halogens is 1. The quantitative estimate of drug-likeness (QED) is 0.690. The maximum absolute atomic E-state index is 11.2. The van der Waals surface area contributed by atoms with E-state index >= 15 is 0 Å². The summed E-state index contributed by atoms with van der Waals surface area (Å²) in [6, 6.07) is 0. The van der Waals surface area contributed by atoms with Crippen molar-refractivity contribution in [3.05, 3.63) is 12.0 Å². The number of aromatic nitrogens is 2. The van der Waals surface area contributed by atoms with Crippen LogP contribution in [0.25, 0.3) is 0 Å². The molecule has 0 amide bonds. The monoisotopic (exact) mass is 234 g/mol. The molecule has 1 aromatic rings. The second kappa shape index (κ2) is 3.24. The van der Waals surface area contributed by atoms with Crippen LogP contribution in [0.15, 0.2) is 11.2 Å². The second-order valence-electron chi connectivity index (χ2n) is 3.70. The fourth-order valence-corrected chi connectivity index (χ4v) is 2.76. The van der Waals surface area contributed by atoms with E-state index in [4.69, 9.17) is 10.7 Å². The lowest BCUT2D eigenvalue weighted by atomic mass is 10.0. The van der Waals surface area contributed by atoms with Crippen LogP contribution in [0.3, 0.4) is 0 Å². The SMILES string of the molecule is C[C@H]1CCc2ncc(S(=O)(=O)Cl)n2C1. The van der Waals surface area contributed by atoms with Crippen LogP contribution in [-0.4, -0.2) is 18.0 Å². The van der Waals surface area contributed by atoms with Crippen LogP contribution in [-0.2, 0) is 22.0 Å². The van der Waals surface area contributed by atoms with Gasteiger partial charge in [0, 0.05) is 23.6 Å². The Morgan fingerprint density at radius 2 is 2.36 bits per heavy atom. The highest BCUT2D eigenvalue weighted by Crippen LogP contribution is 2.24. The van der Waals surface area contributed by atoms with Crippen LogP contribution in [0.1, 0.15) is 19.2 Å². The summed E-state index contributed by atoms with van der Waals surface area (Å²) in [6.45, 7) is 2.78. The third-order valence-corrected chi connectivity index (χ3v) is 3.81. The van der Waals surface area contributed by atoms with Crippen LogP contribution in [0.4, 0.5) is 0 Å². The number of rotatable bonds is 1. The minimum Gasteiger partial charge on any atom is -0.318 e. The van der Waals surface area contributed by atoms with Crippen LogP contribution in [0.5, 0.6) is 0 Å². The zero-order valence-corrected chi connectivity index (χ0v) is 9.35. The molecular weight excluding hydrogens is 224 g/mol. The summed E-state index contributed by atoms with van der Waals surface area (Å²) in [7, 11) is 1.64. The molecule has 14 heavy (non-hydrogen) atoms. The van der Waals surface area contributed by atoms with Crippen molar-refractivity contribution in [3.63, 3.8) is 0 Å². The topological polar surface area (TPSA) is 52.0 Å². The van der Waals surface area contributed by atoms with Gasteiger partial charge in [0.1, 0.15) is 5.82 Å². The highest BCUT2D eigenvalue weighted by atomic mass is 35.7. The summed E-state index contributed by atoms with van der Waals surface area (Å²) >= 11 is 0. The smallest absolute Gasteiger partial charge is 0.278 e. The van der Waals surface area contributed by atoms with E-state index in [1.807, 2.05) is 0 Å². The Bertz CT molecular complexity index is 452. The van der Waals surface area contributed by atoms with E-state index in [0.717, 1.165) is 18.7 Å². The molecule has 78 valence electrons. The Hall–Kier alpha value is -0.550. The predicted molar refractivity (Wildman–Crippen MR) is 52.8 cm³/mol. The van der Waals surface area contributed by atoms with Gasteiger partial charge in [-0.2, -0.15) is 0 Å². The maximum atomic E-state index is 11.2. The summed E-state index contributed by atoms with van der Waals surface area (Å²) in [5.74, 6) is 1.30. The highest BCUT2D eigenvalue weighted by molar-refractivity contribution is 8.13. The number of hydrogen-bond acceptors (Lipinski definition) is 3. The van der Waals surface area contributed by atoms with E-state index in [1.54, 1.807) is 4.57 Å². The van der Waals surface area contributed by atoms with Crippen molar-refractivity contribution in [2.24, 2.45) is 5.92 Å². The van der Waals surface area contributed by atoms with Crippen LogP contribution < -0.4 is 0 Å². The van der Waals surface area contributed by atoms with E-state index in [1.165, 1.54) is 6.20 Å². The van der Waals surface area contributed by atoms with Gasteiger partial charge in [0.2, 0.25) is 0 Å². The average Bonchev–Trinajstić information content (AvgIpc) is 2.45. The standard InChI is InChI=1S/C8H11ClN2O2S/c1-6-2-3-7-10-4-8(11(7)5-6)14(9,12)13/h4,6H,2-3,5H2,1H3/t6-/m0/s1. The van der Waals surface area contributed by atoms with E-state index < -0.39 is 9.05 Å². The third kappa shape index (κ3) is 1.66. The number of hydrogen-bond donors (Lipinski definition) is 0. The summed E-state index contributed by atoms with van der Waals surface area (Å²) in [5, 5.41) is 0.126. The van der Waals surface area contributed by atoms with Gasteiger partial charge in [-0.15, -0.1) is 0 Å². The minimum atomic E-state index is -3.65. The molecule has 1 aliphatic rings. The fourth-order valence-electron chi connectivity index (χ4n) is 1.76. The molecule has 0 fully saturated rings. The van der Waals surface area contributed by atoms with Crippen LogP contribution in [0, 0.1) is 5.92 Å². The van der Waals surface area contributed by atoms with Crippen molar-refractivity contribution in [1.82, 2.24) is 9.55 Å². The van der Waals surface area contributed by atoms with Crippen molar-refractivity contribution in [3.8, 4) is 0 Å². The molecule has 0 N–H and O–H groups in total. The normalized spacial score (nSPS) is 22.0. The van der Waals surface area contributed by atoms with Gasteiger partial charge in [0.25, 0.3) is 9.05 Å². The molecule has 1 aromatic heterocycles. The number of nitrogens with zero attached hydrogens (tertiary/aromatic N) is 2. The molecule has 1 aliphatic heterocycles. The maximum Gasteiger partial charge on any atom is 0.278 e. The predicted octanol–water partition coefficient (Wildman–Crippen LogP) is 1.39. The highest BCUT2D eigenvalue weighted by Gasteiger charge is 2.24. The second-order valence-corrected chi connectivity index (χ2v) is 6.22. The molecule has 4 nitrogen and oxygen atoms in total. The van der Waals surface area contributed by atoms with Crippen molar-refractivity contribution in [2.75, 3.05) is 0 Å². The van der Waals surface area contributed by atoms with Gasteiger partial charge in [-0.1, -0.05) is 6.92 Å². The Balaban J connectivity index is 2.51. The van der Waals surface area contributed by atoms with Gasteiger partial charge in [-0.25, -0.2) is 13.4 Å². The molecule has 0 unspecified atom stereocenters. The third-order valence-electron chi connectivity index (χ3n) is 2.51. The first-order valence-corrected chi connectivity index (χ1v) is 6.78. The first-order chi connectivity index (χ1) is 6.48.